The van der Waals surface area contributed by atoms with E-state index in [4.69, 9.17) is 6.57 Å². The Morgan fingerprint density at radius 3 is 2.50 bits per heavy atom. The Bertz CT molecular complexity index is 1070. The highest BCUT2D eigenvalue weighted by molar-refractivity contribution is 6.11. The van der Waals surface area contributed by atoms with Gasteiger partial charge >= 0.3 is 0 Å². The summed E-state index contributed by atoms with van der Waals surface area (Å²) in [7, 11) is 0. The van der Waals surface area contributed by atoms with Crippen LogP contribution in [0.1, 0.15) is 35.3 Å². The zero-order chi connectivity index (χ0) is 19.7. The van der Waals surface area contributed by atoms with Gasteiger partial charge in [-0.2, -0.15) is 0 Å². The first kappa shape index (κ1) is 18.4. The number of fused-ring (bicyclic) bond motifs is 1. The molecule has 4 rings (SSSR count). The smallest absolute Gasteiger partial charge is 0.187 e. The van der Waals surface area contributed by atoms with Crippen LogP contribution in [0.3, 0.4) is 0 Å². The van der Waals surface area contributed by atoms with Crippen LogP contribution in [0, 0.1) is 19.3 Å². The molecule has 142 valence electrons. The molecule has 0 amide bonds. The van der Waals surface area contributed by atoms with Crippen molar-refractivity contribution in [2.24, 2.45) is 0 Å². The first-order valence-corrected chi connectivity index (χ1v) is 9.63. The number of rotatable bonds is 4. The van der Waals surface area contributed by atoms with Crippen LogP contribution in [-0.2, 0) is 0 Å². The number of benzene rings is 2. The normalized spacial score (nSPS) is 14.9. The number of aromatic nitrogens is 1. The van der Waals surface area contributed by atoms with E-state index >= 15 is 0 Å². The van der Waals surface area contributed by atoms with Crippen LogP contribution in [0.25, 0.3) is 21.4 Å². The Kier molecular flexibility index (Phi) is 4.97. The molecular formula is C23H22FN3O. The maximum atomic E-state index is 14.8. The number of nitrogens with zero attached hydrogens (tertiary/aromatic N) is 3. The largest absolute Gasteiger partial charge is 0.313 e. The second-order valence-corrected chi connectivity index (χ2v) is 7.32. The van der Waals surface area contributed by atoms with Crippen LogP contribution in [0.4, 0.5) is 10.1 Å². The molecule has 0 radical (unpaired) electrons. The minimum atomic E-state index is -0.376. The van der Waals surface area contributed by atoms with Crippen LogP contribution in [0.15, 0.2) is 42.5 Å². The van der Waals surface area contributed by atoms with Crippen molar-refractivity contribution in [3.8, 4) is 5.69 Å². The van der Waals surface area contributed by atoms with Crippen molar-refractivity contribution in [3.05, 3.63) is 71.0 Å². The minimum absolute atomic E-state index is 0.0361. The van der Waals surface area contributed by atoms with Gasteiger partial charge in [0.15, 0.2) is 11.5 Å². The summed E-state index contributed by atoms with van der Waals surface area (Å²) in [6.07, 6.45) is 3.42. The Morgan fingerprint density at radius 2 is 1.82 bits per heavy atom. The van der Waals surface area contributed by atoms with Gasteiger partial charge in [0.25, 0.3) is 0 Å². The van der Waals surface area contributed by atoms with Crippen molar-refractivity contribution in [2.75, 3.05) is 19.6 Å². The molecule has 0 atom stereocenters. The summed E-state index contributed by atoms with van der Waals surface area (Å²) in [5, 5.41) is 0.385. The maximum Gasteiger partial charge on any atom is 0.187 e. The van der Waals surface area contributed by atoms with Crippen molar-refractivity contribution < 1.29 is 9.18 Å². The summed E-state index contributed by atoms with van der Waals surface area (Å²) in [6.45, 7) is 11.2. The predicted octanol–water partition coefficient (Wildman–Crippen LogP) is 5.30. The van der Waals surface area contributed by atoms with E-state index in [1.165, 1.54) is 12.5 Å². The lowest BCUT2D eigenvalue weighted by Gasteiger charge is -2.25. The molecular weight excluding hydrogens is 353 g/mol. The van der Waals surface area contributed by atoms with Gasteiger partial charge in [-0.1, -0.05) is 24.6 Å². The molecule has 0 aliphatic carbocycles. The number of Topliss-reactive ketones (excluding diaryl/α,β-unsaturated/α-hetero) is 1. The summed E-state index contributed by atoms with van der Waals surface area (Å²) in [4.78, 5) is 18.8. The predicted molar refractivity (Wildman–Crippen MR) is 109 cm³/mol. The van der Waals surface area contributed by atoms with Gasteiger partial charge in [0, 0.05) is 16.8 Å². The number of halogens is 1. The molecule has 5 heteroatoms. The third-order valence-electron chi connectivity index (χ3n) is 5.51. The number of ketones is 1. The summed E-state index contributed by atoms with van der Waals surface area (Å²) in [6, 6.07) is 12.1. The van der Waals surface area contributed by atoms with Crippen molar-refractivity contribution in [1.82, 2.24) is 9.47 Å². The van der Waals surface area contributed by atoms with Crippen molar-refractivity contribution in [1.29, 1.82) is 0 Å². The van der Waals surface area contributed by atoms with Crippen molar-refractivity contribution in [3.63, 3.8) is 0 Å². The van der Waals surface area contributed by atoms with Gasteiger partial charge in [-0.15, -0.1) is 0 Å². The summed E-state index contributed by atoms with van der Waals surface area (Å²) in [5.74, 6) is -0.412. The van der Waals surface area contributed by atoms with Gasteiger partial charge in [0.1, 0.15) is 5.82 Å². The fourth-order valence-electron chi connectivity index (χ4n) is 4.17. The Hall–Kier alpha value is -2.97. The Balaban J connectivity index is 1.83. The Morgan fingerprint density at radius 1 is 1.11 bits per heavy atom. The van der Waals surface area contributed by atoms with E-state index in [-0.39, 0.29) is 11.6 Å². The van der Waals surface area contributed by atoms with Crippen molar-refractivity contribution >= 4 is 22.4 Å². The van der Waals surface area contributed by atoms with Gasteiger partial charge in [0.05, 0.1) is 24.2 Å². The van der Waals surface area contributed by atoms with E-state index < -0.39 is 0 Å². The lowest BCUT2D eigenvalue weighted by molar-refractivity contribution is 0.0916. The molecule has 4 nitrogen and oxygen atoms in total. The Labute approximate surface area is 164 Å². The summed E-state index contributed by atoms with van der Waals surface area (Å²) in [5.41, 5.74) is 3.24. The second-order valence-electron chi connectivity index (χ2n) is 7.32. The monoisotopic (exact) mass is 375 g/mol. The van der Waals surface area contributed by atoms with E-state index in [1.54, 1.807) is 18.2 Å². The van der Waals surface area contributed by atoms with E-state index in [1.807, 2.05) is 29.7 Å². The second kappa shape index (κ2) is 7.57. The van der Waals surface area contributed by atoms with Crippen LogP contribution in [-0.4, -0.2) is 34.9 Å². The lowest BCUT2D eigenvalue weighted by atomic mass is 10.0. The summed E-state index contributed by atoms with van der Waals surface area (Å²) >= 11 is 0. The number of likely N-dealkylation sites (tertiary alicyclic amines) is 1. The molecule has 28 heavy (non-hydrogen) atoms. The molecule has 2 aromatic carbocycles. The molecule has 1 saturated heterocycles. The number of hydrogen-bond acceptors (Lipinski definition) is 2. The molecule has 3 aromatic rings. The highest BCUT2D eigenvalue weighted by atomic mass is 19.1. The van der Waals surface area contributed by atoms with Gasteiger partial charge in [0.2, 0.25) is 0 Å². The third-order valence-corrected chi connectivity index (χ3v) is 5.51. The molecule has 2 heterocycles. The molecule has 0 spiro atoms. The number of hydrogen-bond donors (Lipinski definition) is 0. The van der Waals surface area contributed by atoms with Crippen molar-refractivity contribution in [2.45, 2.75) is 26.2 Å². The van der Waals surface area contributed by atoms with E-state index in [2.05, 4.69) is 9.74 Å². The zero-order valence-corrected chi connectivity index (χ0v) is 15.9. The minimum Gasteiger partial charge on any atom is -0.313 e. The molecule has 0 bridgehead atoms. The molecule has 1 aliphatic rings. The molecule has 0 unspecified atom stereocenters. The van der Waals surface area contributed by atoms with Crippen LogP contribution in [0.2, 0.25) is 0 Å². The molecule has 1 aromatic heterocycles. The quantitative estimate of drug-likeness (QED) is 0.458. The highest BCUT2D eigenvalue weighted by Crippen LogP contribution is 2.32. The summed E-state index contributed by atoms with van der Waals surface area (Å²) < 4.78 is 16.7. The van der Waals surface area contributed by atoms with Gasteiger partial charge in [-0.25, -0.2) is 9.24 Å². The van der Waals surface area contributed by atoms with Gasteiger partial charge < -0.3 is 4.57 Å². The maximum absolute atomic E-state index is 14.8. The molecule has 0 N–H and O–H groups in total. The fourth-order valence-corrected chi connectivity index (χ4v) is 4.17. The van der Waals surface area contributed by atoms with Gasteiger partial charge in [-0.05, 0) is 57.1 Å². The topological polar surface area (TPSA) is 29.6 Å². The SMILES string of the molecule is [C-]#[N+]c1ccc(-n2c(C)c(C(=O)CN3CCCCC3)c3c(F)cccc32)cc1. The van der Waals surface area contributed by atoms with E-state index in [0.29, 0.717) is 28.7 Å². The number of piperidine rings is 1. The highest BCUT2D eigenvalue weighted by Gasteiger charge is 2.25. The molecule has 0 saturated carbocycles. The third kappa shape index (κ3) is 3.21. The number of carbonyl (C=O) groups is 1. The first-order chi connectivity index (χ1) is 13.6. The average molecular weight is 375 g/mol. The van der Waals surface area contributed by atoms with Crippen LogP contribution < -0.4 is 0 Å². The molecule has 1 aliphatic heterocycles. The van der Waals surface area contributed by atoms with E-state index in [9.17, 15) is 9.18 Å². The first-order valence-electron chi connectivity index (χ1n) is 9.63. The van der Waals surface area contributed by atoms with Crippen LogP contribution in [0.5, 0.6) is 0 Å². The average Bonchev–Trinajstić information content (AvgIpc) is 3.02. The standard InChI is InChI=1S/C23H22FN3O/c1-16-22(21(28)15-26-13-4-3-5-14-26)23-19(24)7-6-8-20(23)27(16)18-11-9-17(25-2)10-12-18/h6-12H,3-5,13-15H2,1H3. The fraction of sp³-hybridized carbons (Fsp3) is 0.304. The zero-order valence-electron chi connectivity index (χ0n) is 15.9. The lowest BCUT2D eigenvalue weighted by Crippen LogP contribution is -2.34. The van der Waals surface area contributed by atoms with E-state index in [0.717, 1.165) is 37.3 Å². The van der Waals surface area contributed by atoms with Gasteiger partial charge in [-0.3, -0.25) is 9.69 Å². The van der Waals surface area contributed by atoms with Crippen LogP contribution >= 0.6 is 0 Å². The number of carbonyl (C=O) groups excluding carboxylic acids is 1. The molecule has 1 fully saturated rings.